The average molecular weight is 265 g/mol. The van der Waals surface area contributed by atoms with Crippen LogP contribution in [0.2, 0.25) is 0 Å². The van der Waals surface area contributed by atoms with Crippen molar-refractivity contribution in [2.24, 2.45) is 5.73 Å². The van der Waals surface area contributed by atoms with Gasteiger partial charge in [0.25, 0.3) is 0 Å². The third-order valence-corrected chi connectivity index (χ3v) is 3.22. The first kappa shape index (κ1) is 16.0. The molecule has 1 atom stereocenters. The molecule has 3 heteroatoms. The highest BCUT2D eigenvalue weighted by atomic mass is 16.5. The Morgan fingerprint density at radius 2 is 1.95 bits per heavy atom. The average Bonchev–Trinajstić information content (AvgIpc) is 2.40. The summed E-state index contributed by atoms with van der Waals surface area (Å²) < 4.78 is 10.9. The van der Waals surface area contributed by atoms with Crippen LogP contribution in [0.4, 0.5) is 0 Å². The Morgan fingerprint density at radius 3 is 2.63 bits per heavy atom. The van der Waals surface area contributed by atoms with Crippen molar-refractivity contribution >= 4 is 0 Å². The van der Waals surface area contributed by atoms with Crippen molar-refractivity contribution in [1.29, 1.82) is 0 Å². The number of unbranched alkanes of at least 4 members (excludes halogenated alkanes) is 1. The van der Waals surface area contributed by atoms with Gasteiger partial charge in [-0.15, -0.1) is 0 Å². The molecule has 0 radical (unpaired) electrons. The lowest BCUT2D eigenvalue weighted by Gasteiger charge is -2.15. The van der Waals surface area contributed by atoms with Crippen molar-refractivity contribution in [3.05, 3.63) is 29.3 Å². The third-order valence-electron chi connectivity index (χ3n) is 3.22. The maximum absolute atomic E-state index is 6.05. The highest BCUT2D eigenvalue weighted by molar-refractivity contribution is 5.37. The van der Waals surface area contributed by atoms with Crippen LogP contribution >= 0.6 is 0 Å². The fourth-order valence-electron chi connectivity index (χ4n) is 1.97. The summed E-state index contributed by atoms with van der Waals surface area (Å²) in [5.74, 6) is 0.979. The quantitative estimate of drug-likeness (QED) is 0.698. The van der Waals surface area contributed by atoms with Crippen LogP contribution in [0.1, 0.15) is 37.3 Å². The van der Waals surface area contributed by atoms with Gasteiger partial charge in [-0.05, 0) is 44.2 Å². The summed E-state index contributed by atoms with van der Waals surface area (Å²) in [7, 11) is 1.73. The van der Waals surface area contributed by atoms with E-state index in [4.69, 9.17) is 15.2 Å². The number of hydrogen-bond donors (Lipinski definition) is 1. The third kappa shape index (κ3) is 6.08. The molecule has 0 aromatic heterocycles. The SMILES string of the molecule is CCC(N)Cc1cc(C)ccc1OCCCCOC. The Kier molecular flexibility index (Phi) is 7.53. The molecule has 0 fully saturated rings. The summed E-state index contributed by atoms with van der Waals surface area (Å²) in [6.45, 7) is 5.75. The van der Waals surface area contributed by atoms with Crippen molar-refractivity contribution in [3.63, 3.8) is 0 Å². The zero-order chi connectivity index (χ0) is 14.1. The molecule has 0 saturated carbocycles. The molecule has 0 aliphatic heterocycles. The van der Waals surface area contributed by atoms with Crippen LogP contribution in [0.15, 0.2) is 18.2 Å². The lowest BCUT2D eigenvalue weighted by atomic mass is 10.0. The van der Waals surface area contributed by atoms with Gasteiger partial charge in [0.15, 0.2) is 0 Å². The van der Waals surface area contributed by atoms with E-state index in [2.05, 4.69) is 32.0 Å². The molecule has 0 aliphatic rings. The molecule has 0 bridgehead atoms. The van der Waals surface area contributed by atoms with E-state index in [0.717, 1.165) is 44.6 Å². The number of methoxy groups -OCH3 is 1. The number of rotatable bonds is 9. The van der Waals surface area contributed by atoms with Gasteiger partial charge < -0.3 is 15.2 Å². The molecule has 1 aromatic rings. The highest BCUT2D eigenvalue weighted by Gasteiger charge is 2.08. The molecule has 1 rings (SSSR count). The Morgan fingerprint density at radius 1 is 1.21 bits per heavy atom. The van der Waals surface area contributed by atoms with E-state index < -0.39 is 0 Å². The smallest absolute Gasteiger partial charge is 0.122 e. The molecule has 2 N–H and O–H groups in total. The standard InChI is InChI=1S/C16H27NO2/c1-4-15(17)12-14-11-13(2)7-8-16(14)19-10-6-5-9-18-3/h7-8,11,15H,4-6,9-10,12,17H2,1-3H3. The lowest BCUT2D eigenvalue weighted by Crippen LogP contribution is -2.21. The Labute approximate surface area is 117 Å². The van der Waals surface area contributed by atoms with Gasteiger partial charge in [0.1, 0.15) is 5.75 Å². The van der Waals surface area contributed by atoms with Crippen LogP contribution in [-0.2, 0) is 11.2 Å². The van der Waals surface area contributed by atoms with E-state index in [-0.39, 0.29) is 6.04 Å². The van der Waals surface area contributed by atoms with E-state index in [1.165, 1.54) is 11.1 Å². The second-order valence-electron chi connectivity index (χ2n) is 5.03. The maximum atomic E-state index is 6.05. The molecule has 0 saturated heterocycles. The summed E-state index contributed by atoms with van der Waals surface area (Å²) in [6, 6.07) is 6.53. The van der Waals surface area contributed by atoms with Gasteiger partial charge in [-0.2, -0.15) is 0 Å². The number of ether oxygens (including phenoxy) is 2. The molecule has 108 valence electrons. The highest BCUT2D eigenvalue weighted by Crippen LogP contribution is 2.22. The first-order chi connectivity index (χ1) is 9.17. The largest absolute Gasteiger partial charge is 0.493 e. The monoisotopic (exact) mass is 265 g/mol. The van der Waals surface area contributed by atoms with Crippen molar-refractivity contribution < 1.29 is 9.47 Å². The summed E-state index contributed by atoms with van der Waals surface area (Å²) in [5.41, 5.74) is 8.52. The molecule has 1 unspecified atom stereocenters. The summed E-state index contributed by atoms with van der Waals surface area (Å²) >= 11 is 0. The second kappa shape index (κ2) is 8.94. The van der Waals surface area contributed by atoms with Crippen molar-refractivity contribution in [2.75, 3.05) is 20.3 Å². The Balaban J connectivity index is 2.55. The summed E-state index contributed by atoms with van der Waals surface area (Å²) in [4.78, 5) is 0. The van der Waals surface area contributed by atoms with Crippen LogP contribution in [0.5, 0.6) is 5.75 Å². The first-order valence-corrected chi connectivity index (χ1v) is 7.14. The molecular formula is C16H27NO2. The van der Waals surface area contributed by atoms with Crippen LogP contribution in [0.25, 0.3) is 0 Å². The van der Waals surface area contributed by atoms with Crippen LogP contribution in [0.3, 0.4) is 0 Å². The number of nitrogens with two attached hydrogens (primary N) is 1. The minimum absolute atomic E-state index is 0.206. The normalized spacial score (nSPS) is 12.4. The predicted octanol–water partition coefficient (Wildman–Crippen LogP) is 3.08. The van der Waals surface area contributed by atoms with Gasteiger partial charge in [-0.1, -0.05) is 24.6 Å². The number of aryl methyl sites for hydroxylation is 1. The number of hydrogen-bond acceptors (Lipinski definition) is 3. The number of benzene rings is 1. The van der Waals surface area contributed by atoms with Crippen LogP contribution in [0, 0.1) is 6.92 Å². The molecule has 0 spiro atoms. The van der Waals surface area contributed by atoms with Gasteiger partial charge >= 0.3 is 0 Å². The topological polar surface area (TPSA) is 44.5 Å². The van der Waals surface area contributed by atoms with Crippen molar-refractivity contribution in [2.45, 2.75) is 45.6 Å². The van der Waals surface area contributed by atoms with Gasteiger partial charge in [0, 0.05) is 19.8 Å². The van der Waals surface area contributed by atoms with E-state index >= 15 is 0 Å². The van der Waals surface area contributed by atoms with Gasteiger partial charge in [-0.25, -0.2) is 0 Å². The summed E-state index contributed by atoms with van der Waals surface area (Å²) in [6.07, 6.45) is 3.92. The maximum Gasteiger partial charge on any atom is 0.122 e. The van der Waals surface area contributed by atoms with Gasteiger partial charge in [0.2, 0.25) is 0 Å². The minimum atomic E-state index is 0.206. The zero-order valence-electron chi connectivity index (χ0n) is 12.4. The fourth-order valence-corrected chi connectivity index (χ4v) is 1.97. The molecular weight excluding hydrogens is 238 g/mol. The first-order valence-electron chi connectivity index (χ1n) is 7.14. The van der Waals surface area contributed by atoms with E-state index in [0.29, 0.717) is 0 Å². The molecule has 0 aliphatic carbocycles. The Hall–Kier alpha value is -1.06. The Bertz CT molecular complexity index is 366. The molecule has 19 heavy (non-hydrogen) atoms. The van der Waals surface area contributed by atoms with E-state index in [1.807, 2.05) is 0 Å². The molecule has 0 amide bonds. The molecule has 1 aromatic carbocycles. The van der Waals surface area contributed by atoms with Crippen LogP contribution in [-0.4, -0.2) is 26.4 Å². The summed E-state index contributed by atoms with van der Waals surface area (Å²) in [5, 5.41) is 0. The second-order valence-corrected chi connectivity index (χ2v) is 5.03. The molecule has 3 nitrogen and oxygen atoms in total. The van der Waals surface area contributed by atoms with E-state index in [9.17, 15) is 0 Å². The van der Waals surface area contributed by atoms with Crippen molar-refractivity contribution in [3.8, 4) is 5.75 Å². The zero-order valence-corrected chi connectivity index (χ0v) is 12.4. The van der Waals surface area contributed by atoms with Crippen LogP contribution < -0.4 is 10.5 Å². The van der Waals surface area contributed by atoms with Gasteiger partial charge in [-0.3, -0.25) is 0 Å². The fraction of sp³-hybridized carbons (Fsp3) is 0.625. The van der Waals surface area contributed by atoms with Crippen molar-refractivity contribution in [1.82, 2.24) is 0 Å². The predicted molar refractivity (Wildman–Crippen MR) is 79.8 cm³/mol. The lowest BCUT2D eigenvalue weighted by molar-refractivity contribution is 0.184. The van der Waals surface area contributed by atoms with E-state index in [1.54, 1.807) is 7.11 Å². The van der Waals surface area contributed by atoms with Gasteiger partial charge in [0.05, 0.1) is 6.61 Å². The molecule has 0 heterocycles. The minimum Gasteiger partial charge on any atom is -0.493 e.